The molecule has 3 rings (SSSR count). The number of aromatic nitrogens is 3. The highest BCUT2D eigenvalue weighted by molar-refractivity contribution is 5.85. The summed E-state index contributed by atoms with van der Waals surface area (Å²) >= 11 is 0. The number of halogens is 3. The summed E-state index contributed by atoms with van der Waals surface area (Å²) < 4.78 is 39.9. The van der Waals surface area contributed by atoms with E-state index in [0.29, 0.717) is 11.4 Å². The van der Waals surface area contributed by atoms with Crippen LogP contribution in [0, 0.1) is 0 Å². The molecule has 0 bridgehead atoms. The summed E-state index contributed by atoms with van der Waals surface area (Å²) in [5.74, 6) is -0.125. The Labute approximate surface area is 117 Å². The lowest BCUT2D eigenvalue weighted by Gasteiger charge is -2.08. The average molecular weight is 291 g/mol. The van der Waals surface area contributed by atoms with Crippen molar-refractivity contribution in [1.82, 2.24) is 15.0 Å². The second kappa shape index (κ2) is 5.01. The van der Waals surface area contributed by atoms with E-state index in [0.717, 1.165) is 23.2 Å². The van der Waals surface area contributed by atoms with Crippen LogP contribution >= 0.6 is 0 Å². The summed E-state index contributed by atoms with van der Waals surface area (Å²) in [7, 11) is 0. The first-order valence-electron chi connectivity index (χ1n) is 5.93. The number of hydrogen-bond donors (Lipinski definition) is 0. The number of rotatable bonds is 2. The first-order valence-corrected chi connectivity index (χ1v) is 5.93. The number of ether oxygens (including phenoxy) is 1. The molecule has 0 unspecified atom stereocenters. The molecule has 3 aromatic rings. The van der Waals surface area contributed by atoms with Crippen LogP contribution in [0.2, 0.25) is 0 Å². The summed E-state index contributed by atoms with van der Waals surface area (Å²) in [6.45, 7) is 0. The molecule has 0 atom stereocenters. The zero-order valence-electron chi connectivity index (χ0n) is 10.5. The minimum absolute atomic E-state index is 0.322. The lowest BCUT2D eigenvalue weighted by atomic mass is 10.1. The van der Waals surface area contributed by atoms with E-state index in [9.17, 15) is 13.2 Å². The molecule has 0 aliphatic rings. The number of fused-ring (bicyclic) bond motifs is 1. The Kier molecular flexibility index (Phi) is 3.17. The van der Waals surface area contributed by atoms with E-state index in [1.165, 1.54) is 0 Å². The van der Waals surface area contributed by atoms with Crippen molar-refractivity contribution in [3.05, 3.63) is 49.1 Å². The van der Waals surface area contributed by atoms with Crippen LogP contribution in [0.1, 0.15) is 0 Å². The van der Waals surface area contributed by atoms with Crippen molar-refractivity contribution >= 4 is 10.8 Å². The monoisotopic (exact) mass is 291 g/mol. The molecule has 0 fully saturated rings. The fourth-order valence-corrected chi connectivity index (χ4v) is 1.87. The molecule has 0 saturated heterocycles. The number of nitrogens with zero attached hydrogens (tertiary/aromatic N) is 3. The SMILES string of the molecule is FC(F)(F)Oc1cnc(-c2ccc3cnccc3c2)nc1. The van der Waals surface area contributed by atoms with Crippen LogP contribution in [0.3, 0.4) is 0 Å². The molecule has 0 saturated carbocycles. The topological polar surface area (TPSA) is 47.9 Å². The lowest BCUT2D eigenvalue weighted by Crippen LogP contribution is -2.17. The van der Waals surface area contributed by atoms with E-state index in [1.54, 1.807) is 18.5 Å². The van der Waals surface area contributed by atoms with E-state index in [1.807, 2.05) is 18.2 Å². The van der Waals surface area contributed by atoms with Crippen molar-refractivity contribution in [3.8, 4) is 17.1 Å². The molecule has 0 aliphatic carbocycles. The molecule has 2 heterocycles. The molecule has 4 nitrogen and oxygen atoms in total. The fourth-order valence-electron chi connectivity index (χ4n) is 1.87. The van der Waals surface area contributed by atoms with Gasteiger partial charge in [0, 0.05) is 23.3 Å². The first-order chi connectivity index (χ1) is 10.0. The van der Waals surface area contributed by atoms with Gasteiger partial charge in [-0.15, -0.1) is 13.2 Å². The normalized spacial score (nSPS) is 11.6. The molecule has 21 heavy (non-hydrogen) atoms. The lowest BCUT2D eigenvalue weighted by molar-refractivity contribution is -0.274. The second-order valence-electron chi connectivity index (χ2n) is 4.23. The van der Waals surface area contributed by atoms with Crippen LogP contribution in [0.5, 0.6) is 5.75 Å². The van der Waals surface area contributed by atoms with Gasteiger partial charge in [-0.25, -0.2) is 9.97 Å². The molecule has 106 valence electrons. The maximum atomic E-state index is 12.1. The molecular formula is C14H8F3N3O. The summed E-state index contributed by atoms with van der Waals surface area (Å²) in [5, 5.41) is 1.90. The second-order valence-corrected chi connectivity index (χ2v) is 4.23. The van der Waals surface area contributed by atoms with E-state index in [2.05, 4.69) is 19.7 Å². The van der Waals surface area contributed by atoms with Gasteiger partial charge in [0.1, 0.15) is 0 Å². The van der Waals surface area contributed by atoms with Gasteiger partial charge in [-0.3, -0.25) is 4.98 Å². The first kappa shape index (κ1) is 13.3. The van der Waals surface area contributed by atoms with Gasteiger partial charge in [-0.05, 0) is 17.5 Å². The van der Waals surface area contributed by atoms with Crippen molar-refractivity contribution in [2.75, 3.05) is 0 Å². The van der Waals surface area contributed by atoms with Crippen molar-refractivity contribution in [1.29, 1.82) is 0 Å². The third-order valence-corrected chi connectivity index (χ3v) is 2.76. The van der Waals surface area contributed by atoms with E-state index in [-0.39, 0.29) is 0 Å². The van der Waals surface area contributed by atoms with Gasteiger partial charge < -0.3 is 4.74 Å². The quantitative estimate of drug-likeness (QED) is 0.724. The largest absolute Gasteiger partial charge is 0.573 e. The van der Waals surface area contributed by atoms with Gasteiger partial charge in [0.15, 0.2) is 11.6 Å². The molecule has 0 N–H and O–H groups in total. The van der Waals surface area contributed by atoms with Gasteiger partial charge in [0.25, 0.3) is 0 Å². The highest BCUT2D eigenvalue weighted by Crippen LogP contribution is 2.24. The molecule has 0 radical (unpaired) electrons. The maximum Gasteiger partial charge on any atom is 0.573 e. The fraction of sp³-hybridized carbons (Fsp3) is 0.0714. The van der Waals surface area contributed by atoms with Gasteiger partial charge in [-0.2, -0.15) is 0 Å². The average Bonchev–Trinajstić information content (AvgIpc) is 2.46. The zero-order valence-corrected chi connectivity index (χ0v) is 10.5. The third kappa shape index (κ3) is 3.07. The molecule has 1 aromatic carbocycles. The Bertz CT molecular complexity index is 772. The van der Waals surface area contributed by atoms with Crippen LogP contribution in [-0.2, 0) is 0 Å². The minimum Gasteiger partial charge on any atom is -0.402 e. The summed E-state index contributed by atoms with van der Waals surface area (Å²) in [4.78, 5) is 11.8. The molecule has 0 amide bonds. The standard InChI is InChI=1S/C14H8F3N3O/c15-14(16,17)21-12-7-19-13(20-8-12)10-1-2-11-6-18-4-3-9(11)5-10/h1-8H. The van der Waals surface area contributed by atoms with Crippen LogP contribution in [0.15, 0.2) is 49.1 Å². The third-order valence-electron chi connectivity index (χ3n) is 2.76. The number of pyridine rings is 1. The van der Waals surface area contributed by atoms with E-state index < -0.39 is 12.1 Å². The Hall–Kier alpha value is -2.70. The summed E-state index contributed by atoms with van der Waals surface area (Å²) in [6, 6.07) is 7.31. The van der Waals surface area contributed by atoms with Crippen LogP contribution in [0.25, 0.3) is 22.2 Å². The Balaban J connectivity index is 1.91. The maximum absolute atomic E-state index is 12.1. The van der Waals surface area contributed by atoms with Crippen molar-refractivity contribution < 1.29 is 17.9 Å². The Morgan fingerprint density at radius 3 is 2.38 bits per heavy atom. The van der Waals surface area contributed by atoms with Crippen LogP contribution in [-0.4, -0.2) is 21.3 Å². The van der Waals surface area contributed by atoms with Crippen LogP contribution < -0.4 is 4.74 Å². The minimum atomic E-state index is -4.75. The molecule has 0 spiro atoms. The molecular weight excluding hydrogens is 283 g/mol. The molecule has 0 aliphatic heterocycles. The smallest absolute Gasteiger partial charge is 0.402 e. The Morgan fingerprint density at radius 1 is 0.905 bits per heavy atom. The van der Waals surface area contributed by atoms with Crippen LogP contribution in [0.4, 0.5) is 13.2 Å². The number of hydrogen-bond acceptors (Lipinski definition) is 4. The highest BCUT2D eigenvalue weighted by Gasteiger charge is 2.31. The molecule has 7 heteroatoms. The van der Waals surface area contributed by atoms with Gasteiger partial charge >= 0.3 is 6.36 Å². The van der Waals surface area contributed by atoms with E-state index in [4.69, 9.17) is 0 Å². The van der Waals surface area contributed by atoms with Crippen molar-refractivity contribution in [2.45, 2.75) is 6.36 Å². The van der Waals surface area contributed by atoms with Gasteiger partial charge in [0.2, 0.25) is 0 Å². The van der Waals surface area contributed by atoms with E-state index >= 15 is 0 Å². The van der Waals surface area contributed by atoms with Gasteiger partial charge in [-0.1, -0.05) is 12.1 Å². The summed E-state index contributed by atoms with van der Waals surface area (Å²) in [5.41, 5.74) is 0.701. The predicted octanol–water partition coefficient (Wildman–Crippen LogP) is 3.59. The van der Waals surface area contributed by atoms with Crippen molar-refractivity contribution in [2.24, 2.45) is 0 Å². The number of alkyl halides is 3. The highest BCUT2D eigenvalue weighted by atomic mass is 19.4. The summed E-state index contributed by atoms with van der Waals surface area (Å²) in [6.07, 6.45) is 0.618. The number of benzene rings is 1. The van der Waals surface area contributed by atoms with Gasteiger partial charge in [0.05, 0.1) is 12.4 Å². The Morgan fingerprint density at radius 2 is 1.67 bits per heavy atom. The van der Waals surface area contributed by atoms with Crippen molar-refractivity contribution in [3.63, 3.8) is 0 Å². The molecule has 2 aromatic heterocycles. The predicted molar refractivity (Wildman–Crippen MR) is 69.5 cm³/mol. The zero-order chi connectivity index (χ0) is 14.9.